The molecule has 0 radical (unpaired) electrons. The van der Waals surface area contributed by atoms with Crippen LogP contribution in [-0.2, 0) is 0 Å². The Kier molecular flexibility index (Phi) is 2.80. The van der Waals surface area contributed by atoms with Gasteiger partial charge in [0.05, 0.1) is 5.56 Å². The molecule has 2 heterocycles. The Hall–Kier alpha value is -0.200. The first-order valence-electron chi connectivity index (χ1n) is 2.95. The van der Waals surface area contributed by atoms with E-state index >= 15 is 0 Å². The van der Waals surface area contributed by atoms with Gasteiger partial charge in [-0.05, 0) is 17.3 Å². The lowest BCUT2D eigenvalue weighted by Gasteiger charge is -2.19. The van der Waals surface area contributed by atoms with Crippen LogP contribution in [0.15, 0.2) is 17.4 Å². The minimum Gasteiger partial charge on any atom is -1.00 e. The third-order valence-corrected chi connectivity index (χ3v) is 1.61. The van der Waals surface area contributed by atoms with Crippen LogP contribution in [0, 0.1) is 0 Å². The minimum absolute atomic E-state index is 0. The number of fused-ring (bicyclic) bond motifs is 1. The molecule has 1 aliphatic heterocycles. The molecule has 5 heteroatoms. The van der Waals surface area contributed by atoms with Crippen LogP contribution in [0.5, 0.6) is 0 Å². The second kappa shape index (κ2) is 3.46. The number of H-pyrrole nitrogens is 1. The molecule has 1 aromatic heterocycles. The summed E-state index contributed by atoms with van der Waals surface area (Å²) < 4.78 is 0. The fourth-order valence-electron chi connectivity index (χ4n) is 0.924. The lowest BCUT2D eigenvalue weighted by molar-refractivity contribution is -0.519. The zero-order chi connectivity index (χ0) is 6.97. The molecule has 0 bridgehead atoms. The largest absolute Gasteiger partial charge is 1.00 e. The highest BCUT2D eigenvalue weighted by Gasteiger charge is 2.04. The lowest BCUT2D eigenvalue weighted by atomic mass is 10.3. The number of halogens is 2. The first-order chi connectivity index (χ1) is 4.86. The Morgan fingerprint density at radius 2 is 2.36 bits per heavy atom. The van der Waals surface area contributed by atoms with E-state index in [0.29, 0.717) is 5.16 Å². The first kappa shape index (κ1) is 8.89. The third kappa shape index (κ3) is 1.69. The summed E-state index contributed by atoms with van der Waals surface area (Å²) in [6.07, 6.45) is 3.69. The van der Waals surface area contributed by atoms with Gasteiger partial charge in [-0.15, -0.1) is 11.6 Å². The van der Waals surface area contributed by atoms with Crippen molar-refractivity contribution in [2.45, 2.75) is 0 Å². The predicted octanol–water partition coefficient (Wildman–Crippen LogP) is -1.95. The molecular formula is C6H6ClIN3-. The summed E-state index contributed by atoms with van der Waals surface area (Å²) in [4.78, 5) is 3.03. The molecular weight excluding hydrogens is 276 g/mol. The van der Waals surface area contributed by atoms with E-state index in [1.165, 1.54) is 0 Å². The van der Waals surface area contributed by atoms with Gasteiger partial charge in [-0.3, -0.25) is 0 Å². The van der Waals surface area contributed by atoms with Gasteiger partial charge in [0.15, 0.2) is 0 Å². The Balaban J connectivity index is 0.000000605. The van der Waals surface area contributed by atoms with Crippen LogP contribution in [0.4, 0.5) is 5.82 Å². The summed E-state index contributed by atoms with van der Waals surface area (Å²) in [5.41, 5.74) is 6.73. The number of hydrogen-bond donors (Lipinski definition) is 2. The molecule has 0 amide bonds. The monoisotopic (exact) mass is 282 g/mol. The van der Waals surface area contributed by atoms with Crippen molar-refractivity contribution in [1.82, 2.24) is 4.98 Å². The number of aromatic amines is 1. The second-order valence-corrected chi connectivity index (χ2v) is 2.46. The van der Waals surface area contributed by atoms with E-state index in [9.17, 15) is 0 Å². The lowest BCUT2D eigenvalue weighted by Crippen LogP contribution is -3.00. The zero-order valence-corrected chi connectivity index (χ0v) is 8.43. The van der Waals surface area contributed by atoms with Crippen molar-refractivity contribution in [3.05, 3.63) is 28.4 Å². The molecule has 0 saturated heterocycles. The SMILES string of the molecule is ClC1=Cc2cc[nH]c2[NH2+][N-]1.[I-]. The molecule has 3 N–H and O–H groups in total. The van der Waals surface area contributed by atoms with E-state index in [1.54, 1.807) is 5.43 Å². The third-order valence-electron chi connectivity index (χ3n) is 1.40. The van der Waals surface area contributed by atoms with Gasteiger partial charge in [0.25, 0.3) is 0 Å². The molecule has 0 fully saturated rings. The highest BCUT2D eigenvalue weighted by Crippen LogP contribution is 2.20. The van der Waals surface area contributed by atoms with E-state index in [1.807, 2.05) is 18.3 Å². The van der Waals surface area contributed by atoms with Crippen LogP contribution in [0.2, 0.25) is 0 Å². The molecule has 60 valence electrons. The highest BCUT2D eigenvalue weighted by molar-refractivity contribution is 6.33. The summed E-state index contributed by atoms with van der Waals surface area (Å²) in [6.45, 7) is 0. The average molecular weight is 282 g/mol. The molecule has 0 saturated carbocycles. The van der Waals surface area contributed by atoms with Gasteiger partial charge in [0.2, 0.25) is 5.82 Å². The van der Waals surface area contributed by atoms with Gasteiger partial charge in [0, 0.05) is 6.20 Å². The van der Waals surface area contributed by atoms with Crippen LogP contribution in [0.25, 0.3) is 11.5 Å². The molecule has 0 unspecified atom stereocenters. The van der Waals surface area contributed by atoms with E-state index in [4.69, 9.17) is 11.6 Å². The molecule has 0 atom stereocenters. The smallest absolute Gasteiger partial charge is 0.204 e. The first-order valence-corrected chi connectivity index (χ1v) is 3.33. The van der Waals surface area contributed by atoms with Gasteiger partial charge in [-0.1, -0.05) is 0 Å². The molecule has 11 heavy (non-hydrogen) atoms. The number of nitrogens with zero attached hydrogens (tertiary/aromatic N) is 1. The van der Waals surface area contributed by atoms with Crippen molar-refractivity contribution >= 4 is 23.5 Å². The predicted molar refractivity (Wildman–Crippen MR) is 39.6 cm³/mol. The number of aromatic nitrogens is 1. The molecule has 1 aliphatic rings. The van der Waals surface area contributed by atoms with Gasteiger partial charge in [-0.25, -0.2) is 0 Å². The fourth-order valence-corrected chi connectivity index (χ4v) is 1.09. The van der Waals surface area contributed by atoms with Crippen molar-refractivity contribution in [1.29, 1.82) is 0 Å². The van der Waals surface area contributed by atoms with E-state index in [-0.39, 0.29) is 24.0 Å². The van der Waals surface area contributed by atoms with Crippen LogP contribution in [0.3, 0.4) is 0 Å². The molecule has 3 nitrogen and oxygen atoms in total. The Bertz CT molecular complexity index is 281. The highest BCUT2D eigenvalue weighted by atomic mass is 127. The van der Waals surface area contributed by atoms with Crippen LogP contribution >= 0.6 is 11.6 Å². The van der Waals surface area contributed by atoms with Crippen molar-refractivity contribution in [2.24, 2.45) is 0 Å². The van der Waals surface area contributed by atoms with Crippen LogP contribution in [0.1, 0.15) is 5.56 Å². The Morgan fingerprint density at radius 3 is 3.18 bits per heavy atom. The molecule has 2 rings (SSSR count). The maximum absolute atomic E-state index is 5.65. The molecule has 1 aromatic rings. The topological polar surface area (TPSA) is 46.5 Å². The molecule has 0 aromatic carbocycles. The average Bonchev–Trinajstić information content (AvgIpc) is 2.33. The van der Waals surface area contributed by atoms with Gasteiger partial charge in [0.1, 0.15) is 0 Å². The van der Waals surface area contributed by atoms with Crippen LogP contribution in [-0.4, -0.2) is 4.98 Å². The maximum atomic E-state index is 5.65. The van der Waals surface area contributed by atoms with Crippen molar-refractivity contribution in [2.75, 3.05) is 0 Å². The number of rotatable bonds is 0. The number of quaternary nitrogens is 1. The van der Waals surface area contributed by atoms with E-state index < -0.39 is 0 Å². The summed E-state index contributed by atoms with van der Waals surface area (Å²) in [7, 11) is 0. The maximum Gasteiger partial charge on any atom is 0.204 e. The number of nitrogens with one attached hydrogen (secondary N) is 1. The molecule has 0 aliphatic carbocycles. The standard InChI is InChI=1S/C6H6ClN3.HI/c7-5-3-4-1-2-8-6(4)10-9-5;/h1-3,8H,10H2;1H/p-1. The minimum atomic E-state index is 0. The van der Waals surface area contributed by atoms with E-state index in [0.717, 1.165) is 11.4 Å². The Labute approximate surface area is 86.2 Å². The second-order valence-electron chi connectivity index (χ2n) is 2.07. The zero-order valence-electron chi connectivity index (χ0n) is 5.51. The van der Waals surface area contributed by atoms with Crippen LogP contribution < -0.4 is 29.4 Å². The fraction of sp³-hybridized carbons (Fsp3) is 0. The summed E-state index contributed by atoms with van der Waals surface area (Å²) >= 11 is 5.65. The summed E-state index contributed by atoms with van der Waals surface area (Å²) in [5, 5.41) is 0.534. The van der Waals surface area contributed by atoms with Gasteiger partial charge < -0.3 is 39.8 Å². The quantitative estimate of drug-likeness (QED) is 0.316. The number of hydrogen-bond acceptors (Lipinski definition) is 0. The van der Waals surface area contributed by atoms with Gasteiger partial charge >= 0.3 is 0 Å². The Morgan fingerprint density at radius 1 is 1.55 bits per heavy atom. The van der Waals surface area contributed by atoms with Gasteiger partial charge in [-0.2, -0.15) is 0 Å². The van der Waals surface area contributed by atoms with E-state index in [2.05, 4.69) is 10.4 Å². The van der Waals surface area contributed by atoms with Crippen molar-refractivity contribution < 1.29 is 29.4 Å². The summed E-state index contributed by atoms with van der Waals surface area (Å²) in [6, 6.07) is 1.96. The summed E-state index contributed by atoms with van der Waals surface area (Å²) in [5.74, 6) is 1.02. The number of nitrogens with two attached hydrogens (primary N) is 1. The normalized spacial score (nSPS) is 14.1. The van der Waals surface area contributed by atoms with Crippen molar-refractivity contribution in [3.8, 4) is 0 Å². The molecule has 0 spiro atoms. The van der Waals surface area contributed by atoms with Crippen molar-refractivity contribution in [3.63, 3.8) is 0 Å².